The third-order valence-corrected chi connectivity index (χ3v) is 13.5. The lowest BCUT2D eigenvalue weighted by molar-refractivity contribution is 0.173. The lowest BCUT2D eigenvalue weighted by Gasteiger charge is -2.34. The highest BCUT2D eigenvalue weighted by Crippen LogP contribution is 2.46. The van der Waals surface area contributed by atoms with Crippen LogP contribution in [0.1, 0.15) is 315 Å². The van der Waals surface area contributed by atoms with E-state index in [9.17, 15) is 0 Å². The zero-order valence-corrected chi connectivity index (χ0v) is 40.5. The van der Waals surface area contributed by atoms with Gasteiger partial charge in [-0.3, -0.25) is 0 Å². The van der Waals surface area contributed by atoms with Gasteiger partial charge < -0.3 is 0 Å². The Morgan fingerprint density at radius 3 is 0.655 bits per heavy atom. The van der Waals surface area contributed by atoms with E-state index in [0.717, 1.165) is 41.4 Å². The fourth-order valence-corrected chi connectivity index (χ4v) is 9.99. The molecule has 0 aliphatic heterocycles. The summed E-state index contributed by atoms with van der Waals surface area (Å²) in [6.45, 7) is 23.3. The van der Waals surface area contributed by atoms with Crippen LogP contribution < -0.4 is 0 Å². The molecule has 6 aliphatic carbocycles. The van der Waals surface area contributed by atoms with Gasteiger partial charge in [-0.2, -0.15) is 0 Å². The van der Waals surface area contributed by atoms with Gasteiger partial charge in [0.25, 0.3) is 0 Å². The van der Waals surface area contributed by atoms with Crippen LogP contribution in [0.2, 0.25) is 0 Å². The monoisotopic (exact) mass is 777 g/mol. The van der Waals surface area contributed by atoms with Crippen molar-refractivity contribution >= 4 is 0 Å². The predicted octanol–water partition coefficient (Wildman–Crippen LogP) is 21.2. The van der Waals surface area contributed by atoms with Gasteiger partial charge in [0.2, 0.25) is 0 Å². The summed E-state index contributed by atoms with van der Waals surface area (Å²) in [7, 11) is 0. The largest absolute Gasteiger partial charge is 0.0776 e. The van der Waals surface area contributed by atoms with Crippen LogP contribution in [0.15, 0.2) is 0 Å². The quantitative estimate of drug-likeness (QED) is 0.262. The molecule has 55 heavy (non-hydrogen) atoms. The Balaban J connectivity index is -0.000000658. The molecule has 0 heterocycles. The summed E-state index contributed by atoms with van der Waals surface area (Å²) in [5, 5.41) is 0. The minimum absolute atomic E-state index is 0. The van der Waals surface area contributed by atoms with E-state index in [-0.39, 0.29) is 7.43 Å². The van der Waals surface area contributed by atoms with Gasteiger partial charge >= 0.3 is 0 Å². The molecule has 0 aromatic heterocycles. The van der Waals surface area contributed by atoms with Crippen LogP contribution in [0.5, 0.6) is 0 Å². The van der Waals surface area contributed by atoms with Crippen LogP contribution in [-0.2, 0) is 0 Å². The van der Waals surface area contributed by atoms with Crippen molar-refractivity contribution in [1.82, 2.24) is 0 Å². The summed E-state index contributed by atoms with van der Waals surface area (Å²) in [5.41, 5.74) is 0. The van der Waals surface area contributed by atoms with E-state index >= 15 is 0 Å². The van der Waals surface area contributed by atoms with Crippen molar-refractivity contribution in [2.24, 2.45) is 41.4 Å². The Morgan fingerprint density at radius 1 is 0.200 bits per heavy atom. The standard InChI is InChI=1S/C20H36.2C9H18.C8H16.4C2H6.CH4/c1-16-7-5-11-17(12-6-8-16)19-9-3-2-4-10-20(15-19)18-13-14-18;2*1-9-7-5-3-2-4-6-8-9;1-2-4-6-8-7-5-3-1;4*1-2;/h16-20H,2-15H2,1H3;2*9H,2-8H2,1H3;1-8H2;4*1-2H3;1H4. The lowest BCUT2D eigenvalue weighted by Crippen LogP contribution is -2.22. The minimum atomic E-state index is 0. The average molecular weight is 778 g/mol. The molecule has 0 aromatic carbocycles. The molecule has 2 atom stereocenters. The van der Waals surface area contributed by atoms with E-state index in [4.69, 9.17) is 0 Å². The molecule has 6 aliphatic rings. The molecular weight excluding hydrogens is 661 g/mol. The van der Waals surface area contributed by atoms with Gasteiger partial charge in [-0.1, -0.05) is 295 Å². The highest BCUT2D eigenvalue weighted by atomic mass is 14.4. The topological polar surface area (TPSA) is 0 Å². The summed E-state index contributed by atoms with van der Waals surface area (Å²) >= 11 is 0. The second kappa shape index (κ2) is 46.7. The van der Waals surface area contributed by atoms with Crippen LogP contribution in [-0.4, -0.2) is 0 Å². The molecule has 336 valence electrons. The number of hydrogen-bond acceptors (Lipinski definition) is 0. The zero-order valence-electron chi connectivity index (χ0n) is 40.5. The first-order chi connectivity index (χ1) is 26.6. The van der Waals surface area contributed by atoms with E-state index in [1.807, 2.05) is 55.4 Å². The van der Waals surface area contributed by atoms with Gasteiger partial charge in [0.1, 0.15) is 0 Å². The normalized spacial score (nSPS) is 27.1. The van der Waals surface area contributed by atoms with Gasteiger partial charge in [-0.05, 0) is 60.7 Å². The summed E-state index contributed by atoms with van der Waals surface area (Å²) in [6, 6.07) is 0. The third-order valence-electron chi connectivity index (χ3n) is 13.5. The Hall–Kier alpha value is 0. The van der Waals surface area contributed by atoms with E-state index in [0.29, 0.717) is 0 Å². The molecule has 0 amide bonds. The van der Waals surface area contributed by atoms with Crippen molar-refractivity contribution in [3.05, 3.63) is 0 Å². The average Bonchev–Trinajstić information content (AvgIpc) is 4.00. The molecule has 2 unspecified atom stereocenters. The Kier molecular flexibility index (Phi) is 50.3. The second-order valence-electron chi connectivity index (χ2n) is 18.2. The molecule has 0 nitrogen and oxygen atoms in total. The van der Waals surface area contributed by atoms with Crippen molar-refractivity contribution < 1.29 is 0 Å². The van der Waals surface area contributed by atoms with Crippen LogP contribution in [0.25, 0.3) is 0 Å². The van der Waals surface area contributed by atoms with Crippen molar-refractivity contribution in [2.75, 3.05) is 0 Å². The molecule has 0 radical (unpaired) electrons. The van der Waals surface area contributed by atoms with Crippen LogP contribution in [0.4, 0.5) is 0 Å². The van der Waals surface area contributed by atoms with Crippen LogP contribution in [0, 0.1) is 41.4 Å². The van der Waals surface area contributed by atoms with Gasteiger partial charge in [-0.25, -0.2) is 0 Å². The van der Waals surface area contributed by atoms with Crippen LogP contribution in [0.3, 0.4) is 0 Å². The molecule has 6 fully saturated rings. The SMILES string of the molecule is C.C1CCCCCCC1.CC.CC.CC.CC.CC1CCCC(C2CCCCCC(C3CC3)C2)CCC1.CC1CCCCCCC1.CC1CCCCCCC1. The van der Waals surface area contributed by atoms with Gasteiger partial charge in [0, 0.05) is 0 Å². The van der Waals surface area contributed by atoms with Crippen molar-refractivity contribution in [1.29, 1.82) is 0 Å². The number of hydrogen-bond donors (Lipinski definition) is 0. The molecule has 0 N–H and O–H groups in total. The predicted molar refractivity (Wildman–Crippen MR) is 260 cm³/mol. The fourth-order valence-electron chi connectivity index (χ4n) is 9.99. The van der Waals surface area contributed by atoms with Gasteiger partial charge in [0.05, 0.1) is 0 Å². The molecule has 0 spiro atoms. The maximum Gasteiger partial charge on any atom is -0.0383 e. The third kappa shape index (κ3) is 36.8. The van der Waals surface area contributed by atoms with Crippen molar-refractivity contribution in [3.8, 4) is 0 Å². The second-order valence-corrected chi connectivity index (χ2v) is 18.2. The molecule has 0 aromatic rings. The first kappa shape index (κ1) is 59.3. The van der Waals surface area contributed by atoms with Gasteiger partial charge in [-0.15, -0.1) is 0 Å². The Bertz CT molecular complexity index is 591. The number of rotatable bonds is 2. The minimum Gasteiger partial charge on any atom is -0.0776 e. The molecule has 0 bridgehead atoms. The maximum atomic E-state index is 2.47. The summed E-state index contributed by atoms with van der Waals surface area (Å²) < 4.78 is 0. The van der Waals surface area contributed by atoms with E-state index in [2.05, 4.69) is 20.8 Å². The smallest absolute Gasteiger partial charge is 0.0383 e. The van der Waals surface area contributed by atoms with Crippen LogP contribution >= 0.6 is 0 Å². The summed E-state index contributed by atoms with van der Waals surface area (Å²) in [4.78, 5) is 0. The Morgan fingerprint density at radius 2 is 0.382 bits per heavy atom. The van der Waals surface area contributed by atoms with E-state index in [1.165, 1.54) is 186 Å². The van der Waals surface area contributed by atoms with Crippen molar-refractivity contribution in [2.45, 2.75) is 315 Å². The first-order valence-electron chi connectivity index (χ1n) is 26.6. The highest BCUT2D eigenvalue weighted by Gasteiger charge is 2.35. The zero-order chi connectivity index (χ0) is 40.5. The maximum absolute atomic E-state index is 2.47. The summed E-state index contributed by atoms with van der Waals surface area (Å²) in [6.07, 6.45) is 54.5. The van der Waals surface area contributed by atoms with Gasteiger partial charge in [0.15, 0.2) is 0 Å². The Labute approximate surface area is 354 Å². The molecular formula is C55H116. The fraction of sp³-hybridized carbons (Fsp3) is 1.00. The molecule has 0 saturated heterocycles. The first-order valence-corrected chi connectivity index (χ1v) is 26.6. The van der Waals surface area contributed by atoms with E-state index < -0.39 is 0 Å². The summed E-state index contributed by atoms with van der Waals surface area (Å²) in [5.74, 6) is 7.54. The molecule has 6 saturated carbocycles. The molecule has 0 heteroatoms. The highest BCUT2D eigenvalue weighted by molar-refractivity contribution is 4.86. The van der Waals surface area contributed by atoms with Crippen molar-refractivity contribution in [3.63, 3.8) is 0 Å². The van der Waals surface area contributed by atoms with E-state index in [1.54, 1.807) is 44.9 Å². The molecule has 6 rings (SSSR count). The lowest BCUT2D eigenvalue weighted by atomic mass is 9.72.